The Kier molecular flexibility index (Phi) is 9.31. The maximum atomic E-state index is 13.4. The summed E-state index contributed by atoms with van der Waals surface area (Å²) < 4.78 is 31.7. The first kappa shape index (κ1) is 30.3. The summed E-state index contributed by atoms with van der Waals surface area (Å²) in [6.07, 6.45) is 11.9. The van der Waals surface area contributed by atoms with Gasteiger partial charge in [-0.05, 0) is 104 Å². The fourth-order valence-electron chi connectivity index (χ4n) is 10.1. The van der Waals surface area contributed by atoms with Crippen LogP contribution in [0.3, 0.4) is 0 Å². The van der Waals surface area contributed by atoms with Crippen LogP contribution < -0.4 is 10.6 Å². The monoisotopic (exact) mass is 552 g/mol. The molecular formula is C31H56N2O4S. The van der Waals surface area contributed by atoms with E-state index >= 15 is 0 Å². The van der Waals surface area contributed by atoms with Crippen LogP contribution in [0, 0.1) is 46.3 Å². The lowest BCUT2D eigenvalue weighted by atomic mass is 9.44. The summed E-state index contributed by atoms with van der Waals surface area (Å²) in [5.41, 5.74) is 0.418. The maximum Gasteiger partial charge on any atom is 0.305 e. The Morgan fingerprint density at radius 2 is 1.66 bits per heavy atom. The Hall–Kier alpha value is -0.660. The van der Waals surface area contributed by atoms with Crippen molar-refractivity contribution in [3.8, 4) is 0 Å². The highest BCUT2D eigenvalue weighted by Gasteiger charge is 2.64. The van der Waals surface area contributed by atoms with Crippen molar-refractivity contribution in [2.24, 2.45) is 46.3 Å². The topological polar surface area (TPSA) is 84.5 Å². The largest absolute Gasteiger partial charge is 0.469 e. The number of ether oxygens (including phenoxy) is 1. The molecule has 4 saturated carbocycles. The van der Waals surface area contributed by atoms with Crippen LogP contribution >= 0.6 is 0 Å². The second-order valence-corrected chi connectivity index (χ2v) is 16.7. The average Bonchev–Trinajstić information content (AvgIpc) is 3.21. The van der Waals surface area contributed by atoms with Crippen LogP contribution in [-0.4, -0.2) is 58.2 Å². The SMILES string of the molecule is COC(=O)CC[C@@H](C)[C@H]1CCC2C3C(CC[C@@]21C)[C@@]1(C)CC[C@H](NCCNC(C)C)C[C@@H]1C[C@H]3S(C)(=O)=O. The first-order valence-corrected chi connectivity index (χ1v) is 17.5. The third kappa shape index (κ3) is 5.86. The average molecular weight is 553 g/mol. The zero-order valence-electron chi connectivity index (χ0n) is 25.2. The molecule has 4 aliphatic rings. The van der Waals surface area contributed by atoms with E-state index in [0.29, 0.717) is 48.1 Å². The normalized spacial score (nSPS) is 41.7. The van der Waals surface area contributed by atoms with Crippen LogP contribution in [0.4, 0.5) is 0 Å². The predicted molar refractivity (Wildman–Crippen MR) is 155 cm³/mol. The quantitative estimate of drug-likeness (QED) is 0.286. The van der Waals surface area contributed by atoms with E-state index in [1.807, 2.05) is 0 Å². The number of sulfone groups is 1. The van der Waals surface area contributed by atoms with Crippen molar-refractivity contribution in [3.63, 3.8) is 0 Å². The Bertz CT molecular complexity index is 938. The van der Waals surface area contributed by atoms with Gasteiger partial charge in [-0.15, -0.1) is 0 Å². The van der Waals surface area contributed by atoms with Crippen LogP contribution in [0.15, 0.2) is 0 Å². The minimum absolute atomic E-state index is 0.120. The zero-order valence-corrected chi connectivity index (χ0v) is 26.0. The van der Waals surface area contributed by atoms with E-state index in [2.05, 4.69) is 45.3 Å². The Balaban J connectivity index is 1.52. The number of hydrogen-bond donors (Lipinski definition) is 2. The molecule has 0 saturated heterocycles. The van der Waals surface area contributed by atoms with Crippen molar-refractivity contribution in [2.45, 2.75) is 116 Å². The lowest BCUT2D eigenvalue weighted by Crippen LogP contribution is -2.60. The summed E-state index contributed by atoms with van der Waals surface area (Å²) in [5.74, 6) is 2.63. The summed E-state index contributed by atoms with van der Waals surface area (Å²) in [7, 11) is -1.67. The number of carbonyl (C=O) groups is 1. The molecule has 6 nitrogen and oxygen atoms in total. The van der Waals surface area contributed by atoms with Crippen molar-refractivity contribution in [3.05, 3.63) is 0 Å². The van der Waals surface area contributed by atoms with Crippen molar-refractivity contribution in [2.75, 3.05) is 26.5 Å². The second kappa shape index (κ2) is 11.7. The number of hydrogen-bond acceptors (Lipinski definition) is 6. The van der Waals surface area contributed by atoms with Gasteiger partial charge in [0.05, 0.1) is 12.4 Å². The van der Waals surface area contributed by atoms with Gasteiger partial charge in [-0.1, -0.05) is 34.6 Å². The van der Waals surface area contributed by atoms with Crippen LogP contribution in [0.2, 0.25) is 0 Å². The van der Waals surface area contributed by atoms with Crippen LogP contribution in [-0.2, 0) is 19.4 Å². The minimum Gasteiger partial charge on any atom is -0.469 e. The first-order chi connectivity index (χ1) is 17.8. The van der Waals surface area contributed by atoms with Crippen molar-refractivity contribution in [1.29, 1.82) is 0 Å². The molecule has 4 aliphatic carbocycles. The van der Waals surface area contributed by atoms with Gasteiger partial charge in [0.2, 0.25) is 0 Å². The van der Waals surface area contributed by atoms with Gasteiger partial charge < -0.3 is 15.4 Å². The van der Waals surface area contributed by atoms with Gasteiger partial charge in [0.25, 0.3) is 0 Å². The van der Waals surface area contributed by atoms with Gasteiger partial charge in [0.15, 0.2) is 9.84 Å². The van der Waals surface area contributed by atoms with Crippen LogP contribution in [0.25, 0.3) is 0 Å². The smallest absolute Gasteiger partial charge is 0.305 e. The molecule has 220 valence electrons. The minimum atomic E-state index is -3.14. The van der Waals surface area contributed by atoms with Gasteiger partial charge in [0.1, 0.15) is 0 Å². The highest BCUT2D eigenvalue weighted by atomic mass is 32.2. The van der Waals surface area contributed by atoms with Crippen LogP contribution in [0.5, 0.6) is 0 Å². The number of esters is 1. The second-order valence-electron chi connectivity index (χ2n) is 14.5. The fourth-order valence-corrected chi connectivity index (χ4v) is 11.6. The predicted octanol–water partition coefficient (Wildman–Crippen LogP) is 5.21. The Labute approximate surface area is 233 Å². The van der Waals surface area contributed by atoms with Crippen LogP contribution in [0.1, 0.15) is 98.8 Å². The zero-order chi connectivity index (χ0) is 27.9. The molecule has 38 heavy (non-hydrogen) atoms. The van der Waals surface area contributed by atoms with Gasteiger partial charge >= 0.3 is 5.97 Å². The number of rotatable bonds is 10. The molecule has 0 aromatic rings. The molecule has 2 N–H and O–H groups in total. The molecule has 0 bridgehead atoms. The van der Waals surface area contributed by atoms with Gasteiger partial charge in [0, 0.05) is 37.8 Å². The molecule has 4 fully saturated rings. The summed E-state index contributed by atoms with van der Waals surface area (Å²) in [6.45, 7) is 13.6. The third-order valence-corrected chi connectivity index (χ3v) is 13.7. The highest BCUT2D eigenvalue weighted by molar-refractivity contribution is 7.91. The van der Waals surface area contributed by atoms with E-state index in [0.717, 1.165) is 45.2 Å². The fraction of sp³-hybridized carbons (Fsp3) is 0.968. The number of methoxy groups -OCH3 is 1. The lowest BCUT2D eigenvalue weighted by molar-refractivity contribution is -0.141. The maximum absolute atomic E-state index is 13.4. The lowest BCUT2D eigenvalue weighted by Gasteiger charge is -2.63. The van der Waals surface area contributed by atoms with E-state index in [4.69, 9.17) is 4.74 Å². The third-order valence-electron chi connectivity index (χ3n) is 12.1. The molecule has 0 aliphatic heterocycles. The molecule has 10 atom stereocenters. The molecule has 0 heterocycles. The molecule has 0 amide bonds. The van der Waals surface area contributed by atoms with E-state index in [1.165, 1.54) is 39.0 Å². The molecular weight excluding hydrogens is 496 g/mol. The van der Waals surface area contributed by atoms with Crippen molar-refractivity contribution < 1.29 is 17.9 Å². The van der Waals surface area contributed by atoms with E-state index in [9.17, 15) is 13.2 Å². The van der Waals surface area contributed by atoms with Gasteiger partial charge in [-0.3, -0.25) is 4.79 Å². The molecule has 0 radical (unpaired) electrons. The first-order valence-electron chi connectivity index (χ1n) is 15.5. The highest BCUT2D eigenvalue weighted by Crippen LogP contribution is 2.69. The van der Waals surface area contributed by atoms with Crippen molar-refractivity contribution in [1.82, 2.24) is 10.6 Å². The van der Waals surface area contributed by atoms with Gasteiger partial charge in [-0.2, -0.15) is 0 Å². The summed E-state index contributed by atoms with van der Waals surface area (Å²) >= 11 is 0. The van der Waals surface area contributed by atoms with E-state index in [-0.39, 0.29) is 28.0 Å². The Morgan fingerprint density at radius 1 is 0.974 bits per heavy atom. The van der Waals surface area contributed by atoms with Gasteiger partial charge in [-0.25, -0.2) is 8.42 Å². The molecule has 0 aromatic carbocycles. The summed E-state index contributed by atoms with van der Waals surface area (Å²) in [4.78, 5) is 11.8. The van der Waals surface area contributed by atoms with E-state index in [1.54, 1.807) is 0 Å². The van der Waals surface area contributed by atoms with E-state index < -0.39 is 9.84 Å². The number of fused-ring (bicyclic) bond motifs is 5. The standard InChI is InChI=1S/C31H56N2O4S/c1-20(2)32-16-17-33-23-12-14-30(4)22(18-23)19-27(38(7,35)36)29-25-10-9-24(21(3)8-11-28(34)37-6)31(25,5)15-13-26(29)30/h20-27,29,32-33H,8-19H2,1-7H3/t21-,22-,23+,24-,25?,26?,27-,29?,30+,31-/m1/s1. The molecule has 0 spiro atoms. The number of carbonyl (C=O) groups excluding carboxylic acids is 1. The molecule has 3 unspecified atom stereocenters. The van der Waals surface area contributed by atoms with Crippen molar-refractivity contribution >= 4 is 15.8 Å². The number of nitrogens with one attached hydrogen (secondary N) is 2. The summed E-state index contributed by atoms with van der Waals surface area (Å²) in [5, 5.41) is 7.09. The molecule has 7 heteroatoms. The molecule has 0 aromatic heterocycles. The molecule has 4 rings (SSSR count). The summed E-state index contributed by atoms with van der Waals surface area (Å²) in [6, 6.07) is 0.999. The Morgan fingerprint density at radius 3 is 2.32 bits per heavy atom.